The van der Waals surface area contributed by atoms with Crippen LogP contribution in [0.4, 0.5) is 0 Å². The quantitative estimate of drug-likeness (QED) is 0.908. The minimum absolute atomic E-state index is 0.399. The van der Waals surface area contributed by atoms with E-state index in [0.29, 0.717) is 6.42 Å². The first-order valence-electron chi connectivity index (χ1n) is 4.71. The van der Waals surface area contributed by atoms with Gasteiger partial charge in [0.1, 0.15) is 0 Å². The molecule has 1 atom stereocenters. The van der Waals surface area contributed by atoms with Gasteiger partial charge in [-0.15, -0.1) is 11.3 Å². The standard InChI is InChI=1S/C12H11BrOS/c13-10-7-12(15-8-10)11(14)6-9-4-2-1-3-5-9/h1-5,7-8,11,14H,6H2. The Morgan fingerprint density at radius 3 is 2.60 bits per heavy atom. The number of benzene rings is 1. The van der Waals surface area contributed by atoms with Crippen LogP contribution in [0.3, 0.4) is 0 Å². The lowest BCUT2D eigenvalue weighted by Gasteiger charge is -2.07. The van der Waals surface area contributed by atoms with Crippen molar-refractivity contribution >= 4 is 27.3 Å². The zero-order valence-electron chi connectivity index (χ0n) is 8.06. The van der Waals surface area contributed by atoms with Gasteiger partial charge in [-0.05, 0) is 27.6 Å². The lowest BCUT2D eigenvalue weighted by atomic mass is 10.1. The second kappa shape index (κ2) is 4.92. The van der Waals surface area contributed by atoms with Gasteiger partial charge >= 0.3 is 0 Å². The van der Waals surface area contributed by atoms with Crippen molar-refractivity contribution in [3.63, 3.8) is 0 Å². The average molecular weight is 283 g/mol. The normalized spacial score (nSPS) is 12.7. The molecule has 0 bridgehead atoms. The fourth-order valence-corrected chi connectivity index (χ4v) is 2.87. The van der Waals surface area contributed by atoms with E-state index in [4.69, 9.17) is 0 Å². The van der Waals surface area contributed by atoms with Crippen LogP contribution in [0.5, 0.6) is 0 Å². The molecular weight excluding hydrogens is 272 g/mol. The number of hydrogen-bond donors (Lipinski definition) is 1. The zero-order valence-corrected chi connectivity index (χ0v) is 10.5. The van der Waals surface area contributed by atoms with E-state index in [-0.39, 0.29) is 0 Å². The van der Waals surface area contributed by atoms with Gasteiger partial charge in [0.25, 0.3) is 0 Å². The summed E-state index contributed by atoms with van der Waals surface area (Å²) >= 11 is 4.97. The van der Waals surface area contributed by atoms with Crippen molar-refractivity contribution in [1.82, 2.24) is 0 Å². The zero-order chi connectivity index (χ0) is 10.7. The molecule has 0 radical (unpaired) electrons. The molecule has 0 aliphatic rings. The van der Waals surface area contributed by atoms with Crippen molar-refractivity contribution in [2.45, 2.75) is 12.5 Å². The Kier molecular flexibility index (Phi) is 3.57. The molecule has 0 aliphatic heterocycles. The van der Waals surface area contributed by atoms with Crippen LogP contribution in [0, 0.1) is 0 Å². The van der Waals surface area contributed by atoms with Gasteiger partial charge in [0.15, 0.2) is 0 Å². The minimum atomic E-state index is -0.399. The van der Waals surface area contributed by atoms with Crippen molar-refractivity contribution in [2.75, 3.05) is 0 Å². The molecule has 1 heterocycles. The fraction of sp³-hybridized carbons (Fsp3) is 0.167. The molecule has 2 rings (SSSR count). The van der Waals surface area contributed by atoms with Gasteiger partial charge in [0.2, 0.25) is 0 Å². The van der Waals surface area contributed by atoms with E-state index in [9.17, 15) is 5.11 Å². The topological polar surface area (TPSA) is 20.2 Å². The van der Waals surface area contributed by atoms with E-state index in [1.54, 1.807) is 11.3 Å². The highest BCUT2D eigenvalue weighted by atomic mass is 79.9. The van der Waals surface area contributed by atoms with E-state index < -0.39 is 6.10 Å². The molecule has 0 fully saturated rings. The molecule has 0 spiro atoms. The Labute approximate surface area is 102 Å². The average Bonchev–Trinajstić information content (AvgIpc) is 2.66. The largest absolute Gasteiger partial charge is 0.387 e. The van der Waals surface area contributed by atoms with E-state index in [1.165, 1.54) is 0 Å². The third-order valence-corrected chi connectivity index (χ3v) is 3.98. The van der Waals surface area contributed by atoms with Crippen LogP contribution in [-0.4, -0.2) is 5.11 Å². The molecule has 1 unspecified atom stereocenters. The van der Waals surface area contributed by atoms with Crippen LogP contribution in [0.1, 0.15) is 16.5 Å². The van der Waals surface area contributed by atoms with Crippen molar-refractivity contribution < 1.29 is 5.11 Å². The summed E-state index contributed by atoms with van der Waals surface area (Å²) < 4.78 is 1.04. The molecular formula is C12H11BrOS. The third-order valence-electron chi connectivity index (χ3n) is 2.19. The Morgan fingerprint density at radius 2 is 2.00 bits per heavy atom. The summed E-state index contributed by atoms with van der Waals surface area (Å²) in [5.74, 6) is 0. The van der Waals surface area contributed by atoms with Crippen molar-refractivity contribution in [3.8, 4) is 0 Å². The maximum Gasteiger partial charge on any atom is 0.0922 e. The van der Waals surface area contributed by atoms with Gasteiger partial charge in [0.05, 0.1) is 6.10 Å². The Bertz CT molecular complexity index is 424. The molecule has 0 amide bonds. The second-order valence-electron chi connectivity index (χ2n) is 3.37. The third kappa shape index (κ3) is 2.91. The first-order chi connectivity index (χ1) is 7.25. The molecule has 0 saturated heterocycles. The highest BCUT2D eigenvalue weighted by Crippen LogP contribution is 2.27. The lowest BCUT2D eigenvalue weighted by Crippen LogP contribution is -1.98. The molecule has 15 heavy (non-hydrogen) atoms. The van der Waals surface area contributed by atoms with Crippen molar-refractivity contribution in [1.29, 1.82) is 0 Å². The summed E-state index contributed by atoms with van der Waals surface area (Å²) in [6, 6.07) is 12.0. The smallest absolute Gasteiger partial charge is 0.0922 e. The van der Waals surface area contributed by atoms with Crippen LogP contribution >= 0.6 is 27.3 Å². The molecule has 1 aromatic carbocycles. The fourth-order valence-electron chi connectivity index (χ4n) is 1.44. The van der Waals surface area contributed by atoms with E-state index in [0.717, 1.165) is 14.9 Å². The Hall–Kier alpha value is -0.640. The van der Waals surface area contributed by atoms with E-state index in [2.05, 4.69) is 15.9 Å². The minimum Gasteiger partial charge on any atom is -0.387 e. The number of aliphatic hydroxyl groups excluding tert-OH is 1. The molecule has 1 N–H and O–H groups in total. The molecule has 1 nitrogen and oxygen atoms in total. The maximum absolute atomic E-state index is 9.98. The predicted octanol–water partition coefficient (Wildman–Crippen LogP) is 3.79. The number of hydrogen-bond acceptors (Lipinski definition) is 2. The second-order valence-corrected chi connectivity index (χ2v) is 5.23. The summed E-state index contributed by atoms with van der Waals surface area (Å²) in [6.45, 7) is 0. The van der Waals surface area contributed by atoms with E-state index >= 15 is 0 Å². The summed E-state index contributed by atoms with van der Waals surface area (Å²) in [7, 11) is 0. The monoisotopic (exact) mass is 282 g/mol. The summed E-state index contributed by atoms with van der Waals surface area (Å²) in [4.78, 5) is 1.01. The highest BCUT2D eigenvalue weighted by molar-refractivity contribution is 9.10. The van der Waals surface area contributed by atoms with Gasteiger partial charge in [0, 0.05) is 21.2 Å². The van der Waals surface area contributed by atoms with Gasteiger partial charge in [-0.2, -0.15) is 0 Å². The molecule has 0 saturated carbocycles. The van der Waals surface area contributed by atoms with Crippen LogP contribution in [0.2, 0.25) is 0 Å². The molecule has 1 aromatic heterocycles. The first kappa shape index (κ1) is 10.9. The number of aliphatic hydroxyl groups is 1. The molecule has 0 aliphatic carbocycles. The Morgan fingerprint density at radius 1 is 1.27 bits per heavy atom. The maximum atomic E-state index is 9.98. The van der Waals surface area contributed by atoms with Crippen molar-refractivity contribution in [3.05, 3.63) is 56.7 Å². The predicted molar refractivity (Wildman–Crippen MR) is 67.1 cm³/mol. The number of halogens is 1. The Balaban J connectivity index is 2.07. The lowest BCUT2D eigenvalue weighted by molar-refractivity contribution is 0.182. The van der Waals surface area contributed by atoms with Gasteiger partial charge in [-0.3, -0.25) is 0 Å². The van der Waals surface area contributed by atoms with Crippen LogP contribution in [-0.2, 0) is 6.42 Å². The highest BCUT2D eigenvalue weighted by Gasteiger charge is 2.10. The first-order valence-corrected chi connectivity index (χ1v) is 6.39. The van der Waals surface area contributed by atoms with E-state index in [1.807, 2.05) is 41.8 Å². The number of thiophene rings is 1. The summed E-state index contributed by atoms with van der Waals surface area (Å²) in [5, 5.41) is 12.0. The van der Waals surface area contributed by atoms with Crippen LogP contribution in [0.15, 0.2) is 46.3 Å². The van der Waals surface area contributed by atoms with Crippen LogP contribution < -0.4 is 0 Å². The van der Waals surface area contributed by atoms with Gasteiger partial charge < -0.3 is 5.11 Å². The van der Waals surface area contributed by atoms with Crippen LogP contribution in [0.25, 0.3) is 0 Å². The van der Waals surface area contributed by atoms with Gasteiger partial charge in [-0.1, -0.05) is 30.3 Å². The van der Waals surface area contributed by atoms with Gasteiger partial charge in [-0.25, -0.2) is 0 Å². The molecule has 78 valence electrons. The molecule has 3 heteroatoms. The SMILES string of the molecule is OC(Cc1ccccc1)c1cc(Br)cs1. The number of rotatable bonds is 3. The molecule has 2 aromatic rings. The summed E-state index contributed by atoms with van der Waals surface area (Å²) in [5.41, 5.74) is 1.16. The van der Waals surface area contributed by atoms with Crippen molar-refractivity contribution in [2.24, 2.45) is 0 Å². The summed E-state index contributed by atoms with van der Waals surface area (Å²) in [6.07, 6.45) is 0.275.